The predicted molar refractivity (Wildman–Crippen MR) is 71.9 cm³/mol. The van der Waals surface area contributed by atoms with E-state index in [1.807, 2.05) is 0 Å². The summed E-state index contributed by atoms with van der Waals surface area (Å²) in [6, 6.07) is 3.71. The summed E-state index contributed by atoms with van der Waals surface area (Å²) in [5.41, 5.74) is -2.24. The summed E-state index contributed by atoms with van der Waals surface area (Å²) in [6.45, 7) is -1.23. The van der Waals surface area contributed by atoms with Crippen LogP contribution in [0.3, 0.4) is 0 Å². The van der Waals surface area contributed by atoms with Crippen molar-refractivity contribution in [2.75, 3.05) is 13.2 Å². The number of non-ortho nitro benzene ring substituents is 1. The molecule has 0 radical (unpaired) electrons. The minimum atomic E-state index is -1.59. The number of hydrogen-bond acceptors (Lipinski definition) is 7. The zero-order valence-electron chi connectivity index (χ0n) is 11.5. The third kappa shape index (κ3) is 1.74. The lowest BCUT2D eigenvalue weighted by atomic mass is 10.0. The first-order valence-electron chi connectivity index (χ1n) is 6.29. The van der Waals surface area contributed by atoms with Crippen molar-refractivity contribution in [1.82, 2.24) is 14.3 Å². The van der Waals surface area contributed by atoms with E-state index < -0.39 is 29.4 Å². The molecule has 0 saturated heterocycles. The van der Waals surface area contributed by atoms with Gasteiger partial charge in [-0.1, -0.05) is 0 Å². The summed E-state index contributed by atoms with van der Waals surface area (Å²) in [4.78, 5) is 22.6. The minimum Gasteiger partial charge on any atom is -0.472 e. The van der Waals surface area contributed by atoms with Gasteiger partial charge in [-0.05, 0) is 6.07 Å². The number of nitrogens with zero attached hydrogens (tertiary/aromatic N) is 4. The summed E-state index contributed by atoms with van der Waals surface area (Å²) in [5, 5.41) is 34.1. The van der Waals surface area contributed by atoms with Crippen LogP contribution in [-0.4, -0.2) is 42.7 Å². The van der Waals surface area contributed by atoms with Gasteiger partial charge in [-0.2, -0.15) is 5.10 Å². The third-order valence-corrected chi connectivity index (χ3v) is 3.54. The first-order valence-corrected chi connectivity index (χ1v) is 6.29. The van der Waals surface area contributed by atoms with Gasteiger partial charge in [-0.25, -0.2) is 14.0 Å². The number of aliphatic hydroxyl groups excluding tert-OH is 2. The maximum absolute atomic E-state index is 12.3. The van der Waals surface area contributed by atoms with Crippen molar-refractivity contribution < 1.29 is 19.9 Å². The fourth-order valence-corrected chi connectivity index (χ4v) is 2.37. The number of hydrogen-bond donors (Lipinski definition) is 2. The molecule has 0 bridgehead atoms. The standard InChI is InChI=1S/C12H12N4O6/c1-14-11(19)15-8-4-7(16(20)21)2-3-9(8)22-12(5-17,6-18)10(15)13-14/h2-4,17-18H,5-6H2,1H3. The van der Waals surface area contributed by atoms with E-state index in [-0.39, 0.29) is 22.9 Å². The van der Waals surface area contributed by atoms with Crippen LogP contribution in [0.4, 0.5) is 5.69 Å². The number of benzene rings is 1. The molecule has 0 fully saturated rings. The number of nitro groups is 1. The molecule has 2 heterocycles. The molecule has 1 aromatic heterocycles. The highest BCUT2D eigenvalue weighted by molar-refractivity contribution is 5.56. The van der Waals surface area contributed by atoms with Crippen LogP contribution < -0.4 is 10.4 Å². The van der Waals surface area contributed by atoms with Crippen molar-refractivity contribution in [3.8, 4) is 11.4 Å². The molecule has 0 unspecified atom stereocenters. The van der Waals surface area contributed by atoms with Crippen molar-refractivity contribution in [2.24, 2.45) is 7.05 Å². The smallest absolute Gasteiger partial charge is 0.350 e. The van der Waals surface area contributed by atoms with E-state index in [4.69, 9.17) is 4.74 Å². The Balaban J connectivity index is 2.35. The number of aromatic nitrogens is 3. The van der Waals surface area contributed by atoms with Gasteiger partial charge in [-0.3, -0.25) is 10.1 Å². The molecule has 0 saturated carbocycles. The van der Waals surface area contributed by atoms with Gasteiger partial charge in [0.2, 0.25) is 5.60 Å². The van der Waals surface area contributed by atoms with Gasteiger partial charge in [0, 0.05) is 19.2 Å². The number of fused-ring (bicyclic) bond motifs is 3. The van der Waals surface area contributed by atoms with E-state index in [1.165, 1.54) is 25.2 Å². The zero-order chi connectivity index (χ0) is 16.1. The fourth-order valence-electron chi connectivity index (χ4n) is 2.37. The summed E-state index contributed by atoms with van der Waals surface area (Å²) in [5.74, 6) is 0.120. The molecule has 3 rings (SSSR count). The first-order chi connectivity index (χ1) is 10.4. The average Bonchev–Trinajstić information content (AvgIpc) is 2.82. The normalized spacial score (nSPS) is 14.9. The van der Waals surface area contributed by atoms with Crippen LogP contribution in [0.2, 0.25) is 0 Å². The summed E-state index contributed by atoms with van der Waals surface area (Å²) in [7, 11) is 1.39. The Morgan fingerprint density at radius 1 is 1.41 bits per heavy atom. The highest BCUT2D eigenvalue weighted by atomic mass is 16.6. The summed E-state index contributed by atoms with van der Waals surface area (Å²) < 4.78 is 7.69. The second-order valence-electron chi connectivity index (χ2n) is 4.89. The lowest BCUT2D eigenvalue weighted by molar-refractivity contribution is -0.384. The molecule has 2 N–H and O–H groups in total. The van der Waals surface area contributed by atoms with Gasteiger partial charge in [0.1, 0.15) is 11.4 Å². The predicted octanol–water partition coefficient (Wildman–Crippen LogP) is -0.949. The second-order valence-corrected chi connectivity index (χ2v) is 4.89. The SMILES string of the molecule is Cn1nc2n(c1=O)-c1cc([N+](=O)[O-])ccc1OC2(CO)CO. The Kier molecular flexibility index (Phi) is 3.00. The molecule has 22 heavy (non-hydrogen) atoms. The van der Waals surface area contributed by atoms with Crippen molar-refractivity contribution in [1.29, 1.82) is 0 Å². The molecule has 1 aromatic carbocycles. The van der Waals surface area contributed by atoms with E-state index >= 15 is 0 Å². The van der Waals surface area contributed by atoms with Gasteiger partial charge >= 0.3 is 5.69 Å². The molecule has 0 spiro atoms. The van der Waals surface area contributed by atoms with Gasteiger partial charge in [0.25, 0.3) is 5.69 Å². The van der Waals surface area contributed by atoms with E-state index in [2.05, 4.69) is 5.10 Å². The highest BCUT2D eigenvalue weighted by Gasteiger charge is 2.44. The van der Waals surface area contributed by atoms with Gasteiger partial charge < -0.3 is 14.9 Å². The van der Waals surface area contributed by atoms with Crippen LogP contribution in [0.25, 0.3) is 5.69 Å². The molecule has 116 valence electrons. The number of ether oxygens (including phenoxy) is 1. The number of aryl methyl sites for hydroxylation is 1. The Hall–Kier alpha value is -2.72. The molecule has 0 atom stereocenters. The quantitative estimate of drug-likeness (QED) is 0.551. The maximum Gasteiger partial charge on any atom is 0.350 e. The fraction of sp³-hybridized carbons (Fsp3) is 0.333. The van der Waals surface area contributed by atoms with Gasteiger partial charge in [0.05, 0.1) is 18.1 Å². The summed E-state index contributed by atoms with van der Waals surface area (Å²) in [6.07, 6.45) is 0. The second kappa shape index (κ2) is 4.64. The zero-order valence-corrected chi connectivity index (χ0v) is 11.5. The minimum absolute atomic E-state index is 0.0157. The Bertz CT molecular complexity index is 820. The van der Waals surface area contributed by atoms with E-state index in [1.54, 1.807) is 0 Å². The molecule has 10 nitrogen and oxygen atoms in total. The lowest BCUT2D eigenvalue weighted by Crippen LogP contribution is -2.46. The largest absolute Gasteiger partial charge is 0.472 e. The van der Waals surface area contributed by atoms with E-state index in [0.29, 0.717) is 0 Å². The molecule has 0 amide bonds. The van der Waals surface area contributed by atoms with Crippen molar-refractivity contribution in [3.63, 3.8) is 0 Å². The molecular weight excluding hydrogens is 296 g/mol. The summed E-state index contributed by atoms with van der Waals surface area (Å²) >= 11 is 0. The van der Waals surface area contributed by atoms with Crippen LogP contribution in [-0.2, 0) is 12.6 Å². The maximum atomic E-state index is 12.3. The number of aliphatic hydroxyl groups is 2. The van der Waals surface area contributed by atoms with Crippen LogP contribution in [0.15, 0.2) is 23.0 Å². The Labute approximate surface area is 122 Å². The van der Waals surface area contributed by atoms with Crippen LogP contribution in [0.5, 0.6) is 5.75 Å². The van der Waals surface area contributed by atoms with Crippen LogP contribution >= 0.6 is 0 Å². The van der Waals surface area contributed by atoms with Crippen molar-refractivity contribution >= 4 is 5.69 Å². The monoisotopic (exact) mass is 308 g/mol. The molecule has 0 aliphatic carbocycles. The van der Waals surface area contributed by atoms with E-state index in [9.17, 15) is 25.1 Å². The molecule has 1 aliphatic heterocycles. The van der Waals surface area contributed by atoms with Gasteiger partial charge in [-0.15, -0.1) is 0 Å². The van der Waals surface area contributed by atoms with E-state index in [0.717, 1.165) is 9.25 Å². The average molecular weight is 308 g/mol. The topological polar surface area (TPSA) is 133 Å². The van der Waals surface area contributed by atoms with Crippen LogP contribution in [0.1, 0.15) is 5.82 Å². The first kappa shape index (κ1) is 14.2. The molecule has 10 heteroatoms. The Morgan fingerprint density at radius 3 is 2.68 bits per heavy atom. The molecular formula is C12H12N4O6. The lowest BCUT2D eigenvalue weighted by Gasteiger charge is -2.34. The van der Waals surface area contributed by atoms with Crippen LogP contribution in [0, 0.1) is 10.1 Å². The van der Waals surface area contributed by atoms with Crippen molar-refractivity contribution in [2.45, 2.75) is 5.60 Å². The highest BCUT2D eigenvalue weighted by Crippen LogP contribution is 2.38. The number of rotatable bonds is 3. The number of nitro benzene ring substituents is 1. The van der Waals surface area contributed by atoms with Crippen molar-refractivity contribution in [3.05, 3.63) is 44.6 Å². The third-order valence-electron chi connectivity index (χ3n) is 3.54. The molecule has 1 aliphatic rings. The molecule has 2 aromatic rings. The van der Waals surface area contributed by atoms with Gasteiger partial charge in [0.15, 0.2) is 5.82 Å². The Morgan fingerprint density at radius 2 is 2.09 bits per heavy atom.